The number of benzene rings is 1. The highest BCUT2D eigenvalue weighted by Crippen LogP contribution is 2.46. The standard InChI is InChI=1S/C36H48N4O9Si/c1-11-36(47-28(41)17-37-32(44)48-34(3,4)5)24-16-25-29(30(42)23(24)19-46-31(36)43)40-18-22-20(14-27(40)39-25)13-21(15-26(22)50(9,10)12-2)38-33(45)49-35(6,7)8/h13-15,39H,11-12,16-19H2,1-10H3,(H,37,44)(H,38,45). The van der Waals surface area contributed by atoms with Crippen molar-refractivity contribution in [2.75, 3.05) is 18.5 Å². The van der Waals surface area contributed by atoms with Crippen LogP contribution in [0.25, 0.3) is 6.08 Å². The van der Waals surface area contributed by atoms with Crippen molar-refractivity contribution in [3.63, 3.8) is 0 Å². The number of carbonyl (C=O) groups excluding carboxylic acids is 5. The third-order valence-corrected chi connectivity index (χ3v) is 12.9. The van der Waals surface area contributed by atoms with Crippen LogP contribution in [-0.2, 0) is 39.9 Å². The number of nitrogens with zero attached hydrogens (tertiary/aromatic N) is 1. The summed E-state index contributed by atoms with van der Waals surface area (Å²) in [6.07, 6.45) is 0.772. The molecule has 0 saturated carbocycles. The number of allylic oxidation sites excluding steroid dienone is 2. The minimum Gasteiger partial charge on any atom is -0.457 e. The van der Waals surface area contributed by atoms with Gasteiger partial charge in [-0.1, -0.05) is 38.2 Å². The van der Waals surface area contributed by atoms with Crippen LogP contribution in [0.1, 0.15) is 79.4 Å². The Labute approximate surface area is 293 Å². The van der Waals surface area contributed by atoms with Gasteiger partial charge >= 0.3 is 24.1 Å². The summed E-state index contributed by atoms with van der Waals surface area (Å²) in [5, 5.41) is 9.82. The quantitative estimate of drug-likeness (QED) is 0.200. The number of fused-ring (bicyclic) bond motifs is 3. The van der Waals surface area contributed by atoms with Gasteiger partial charge in [-0.15, -0.1) is 0 Å². The summed E-state index contributed by atoms with van der Waals surface area (Å²) in [6, 6.07) is 4.90. The van der Waals surface area contributed by atoms with Gasteiger partial charge in [-0.3, -0.25) is 14.9 Å². The summed E-state index contributed by atoms with van der Waals surface area (Å²) in [6.45, 7) is 18.5. The average Bonchev–Trinajstić information content (AvgIpc) is 3.35. The molecule has 2 amide bonds. The van der Waals surface area contributed by atoms with Crippen molar-refractivity contribution < 1.29 is 42.9 Å². The van der Waals surface area contributed by atoms with Crippen LogP contribution in [0.15, 0.2) is 40.5 Å². The number of carbonyl (C=O) groups is 5. The van der Waals surface area contributed by atoms with Crippen molar-refractivity contribution in [3.05, 3.63) is 51.6 Å². The maximum atomic E-state index is 14.3. The molecule has 270 valence electrons. The zero-order valence-electron chi connectivity index (χ0n) is 30.6. The van der Waals surface area contributed by atoms with Crippen LogP contribution in [0.2, 0.25) is 19.1 Å². The molecule has 0 saturated heterocycles. The Bertz CT molecular complexity index is 1760. The smallest absolute Gasteiger partial charge is 0.412 e. The maximum absolute atomic E-state index is 14.3. The zero-order chi connectivity index (χ0) is 37.0. The Kier molecular flexibility index (Phi) is 9.49. The van der Waals surface area contributed by atoms with E-state index < -0.39 is 55.5 Å². The van der Waals surface area contributed by atoms with Crippen LogP contribution in [0.4, 0.5) is 15.3 Å². The number of ether oxygens (including phenoxy) is 4. The van der Waals surface area contributed by atoms with Gasteiger partial charge in [0.25, 0.3) is 0 Å². The molecular formula is C36H48N4O9Si. The third-order valence-electron chi connectivity index (χ3n) is 9.21. The van der Waals surface area contributed by atoms with Gasteiger partial charge in [-0.25, -0.2) is 14.4 Å². The lowest BCUT2D eigenvalue weighted by Crippen LogP contribution is -2.52. The minimum atomic E-state index is -1.99. The van der Waals surface area contributed by atoms with E-state index in [4.69, 9.17) is 18.9 Å². The predicted octanol–water partition coefficient (Wildman–Crippen LogP) is 4.94. The average molecular weight is 709 g/mol. The SMILES string of the molecule is CCC1(OC(=O)CNC(=O)OC(C)(C)C)C(=O)OCC2=C1CC1=C(C2=O)N2Cc3c(cc(NC(=O)OC(C)(C)C)cc3[Si](C)(C)CC)C=C2N1. The number of amides is 2. The van der Waals surface area contributed by atoms with Gasteiger partial charge in [0.15, 0.2) is 0 Å². The van der Waals surface area contributed by atoms with E-state index in [2.05, 4.69) is 36.0 Å². The Morgan fingerprint density at radius 2 is 1.68 bits per heavy atom. The number of hydrogen-bond donors (Lipinski definition) is 3. The number of alkyl carbamates (subject to hydrolysis) is 1. The number of anilines is 1. The molecule has 1 atom stereocenters. The third kappa shape index (κ3) is 7.16. The Balaban J connectivity index is 1.44. The number of Topliss-reactive ketones (excluding diaryl/α,β-unsaturated/α-hetero) is 1. The second kappa shape index (κ2) is 12.9. The molecule has 0 aromatic heterocycles. The van der Waals surface area contributed by atoms with Crippen LogP contribution in [-0.4, -0.2) is 72.8 Å². The summed E-state index contributed by atoms with van der Waals surface area (Å²) >= 11 is 0. The Morgan fingerprint density at radius 1 is 1.02 bits per heavy atom. The van der Waals surface area contributed by atoms with E-state index in [9.17, 15) is 24.0 Å². The van der Waals surface area contributed by atoms with Crippen molar-refractivity contribution in [3.8, 4) is 0 Å². The molecule has 3 heterocycles. The van der Waals surface area contributed by atoms with E-state index in [-0.39, 0.29) is 30.8 Å². The van der Waals surface area contributed by atoms with Crippen LogP contribution < -0.4 is 21.1 Å². The fourth-order valence-electron chi connectivity index (χ4n) is 6.53. The minimum absolute atomic E-state index is 0.0180. The molecule has 0 radical (unpaired) electrons. The van der Waals surface area contributed by atoms with E-state index in [1.54, 1.807) is 27.7 Å². The van der Waals surface area contributed by atoms with E-state index in [0.717, 1.165) is 17.2 Å². The predicted molar refractivity (Wildman–Crippen MR) is 189 cm³/mol. The van der Waals surface area contributed by atoms with Crippen LogP contribution >= 0.6 is 0 Å². The number of nitrogens with one attached hydrogen (secondary N) is 3. The Morgan fingerprint density at radius 3 is 2.30 bits per heavy atom. The first kappa shape index (κ1) is 36.7. The highest BCUT2D eigenvalue weighted by Gasteiger charge is 2.54. The molecule has 1 aromatic carbocycles. The summed E-state index contributed by atoms with van der Waals surface area (Å²) in [5.74, 6) is -1.29. The van der Waals surface area contributed by atoms with E-state index in [1.165, 1.54) is 5.19 Å². The molecule has 50 heavy (non-hydrogen) atoms. The first-order chi connectivity index (χ1) is 23.2. The van der Waals surface area contributed by atoms with E-state index in [0.29, 0.717) is 35.0 Å². The van der Waals surface area contributed by atoms with Crippen LogP contribution in [0.3, 0.4) is 0 Å². The van der Waals surface area contributed by atoms with Crippen molar-refractivity contribution >= 4 is 54.9 Å². The molecule has 3 aliphatic heterocycles. The molecule has 1 aromatic rings. The fraction of sp³-hybridized carbons (Fsp3) is 0.528. The first-order valence-corrected chi connectivity index (χ1v) is 20.2. The van der Waals surface area contributed by atoms with Gasteiger partial charge in [0.1, 0.15) is 35.9 Å². The molecule has 3 N–H and O–H groups in total. The first-order valence-electron chi connectivity index (χ1n) is 17.0. The summed E-state index contributed by atoms with van der Waals surface area (Å²) in [4.78, 5) is 67.5. The number of rotatable bonds is 7. The van der Waals surface area contributed by atoms with E-state index >= 15 is 0 Å². The van der Waals surface area contributed by atoms with Crippen molar-refractivity contribution in [2.45, 2.75) is 111 Å². The maximum Gasteiger partial charge on any atom is 0.412 e. The van der Waals surface area contributed by atoms with Gasteiger partial charge < -0.3 is 34.5 Å². The van der Waals surface area contributed by atoms with E-state index in [1.807, 2.05) is 43.9 Å². The zero-order valence-corrected chi connectivity index (χ0v) is 31.6. The number of cyclic esters (lactones) is 1. The molecule has 1 aliphatic carbocycles. The molecule has 0 fully saturated rings. The number of ketones is 1. The summed E-state index contributed by atoms with van der Waals surface area (Å²) in [7, 11) is -1.99. The molecule has 1 unspecified atom stereocenters. The largest absolute Gasteiger partial charge is 0.457 e. The lowest BCUT2D eigenvalue weighted by atomic mass is 9.78. The second-order valence-corrected chi connectivity index (χ2v) is 20.6. The second-order valence-electron chi connectivity index (χ2n) is 15.6. The van der Waals surface area contributed by atoms with Crippen molar-refractivity contribution in [1.29, 1.82) is 0 Å². The monoisotopic (exact) mass is 708 g/mol. The lowest BCUT2D eigenvalue weighted by molar-refractivity contribution is -0.180. The normalized spacial score (nSPS) is 20.0. The molecule has 4 aliphatic rings. The van der Waals surface area contributed by atoms with Crippen LogP contribution in [0.5, 0.6) is 0 Å². The van der Waals surface area contributed by atoms with Gasteiger partial charge in [0.2, 0.25) is 11.4 Å². The molecule has 5 rings (SSSR count). The fourth-order valence-corrected chi connectivity index (χ4v) is 8.49. The van der Waals surface area contributed by atoms with Gasteiger partial charge in [0, 0.05) is 29.0 Å². The molecule has 13 nitrogen and oxygen atoms in total. The van der Waals surface area contributed by atoms with Gasteiger partial charge in [0.05, 0.1) is 14.6 Å². The molecular weight excluding hydrogens is 661 g/mol. The van der Waals surface area contributed by atoms with Crippen molar-refractivity contribution in [1.82, 2.24) is 15.5 Å². The van der Waals surface area contributed by atoms with Gasteiger partial charge in [-0.05, 0) is 77.3 Å². The Hall–Kier alpha value is -4.59. The summed E-state index contributed by atoms with van der Waals surface area (Å²) in [5.41, 5.74) is 1.03. The van der Waals surface area contributed by atoms with Crippen molar-refractivity contribution in [2.24, 2.45) is 0 Å². The highest BCUT2D eigenvalue weighted by atomic mass is 28.3. The van der Waals surface area contributed by atoms with Crippen LogP contribution in [0, 0.1) is 0 Å². The summed E-state index contributed by atoms with van der Waals surface area (Å²) < 4.78 is 22.0. The molecule has 14 heteroatoms. The molecule has 0 spiro atoms. The lowest BCUT2D eigenvalue weighted by Gasteiger charge is -2.39. The topological polar surface area (TPSA) is 162 Å². The number of esters is 2. The molecule has 0 bridgehead atoms. The number of hydrogen-bond acceptors (Lipinski definition) is 11. The highest BCUT2D eigenvalue weighted by molar-refractivity contribution is 6.90. The van der Waals surface area contributed by atoms with Gasteiger partial charge in [-0.2, -0.15) is 0 Å².